The van der Waals surface area contributed by atoms with E-state index in [9.17, 15) is 18.4 Å². The first-order chi connectivity index (χ1) is 13.7. The summed E-state index contributed by atoms with van der Waals surface area (Å²) in [6.45, 7) is 1.46. The Morgan fingerprint density at radius 1 is 1.24 bits per heavy atom. The van der Waals surface area contributed by atoms with Gasteiger partial charge < -0.3 is 15.2 Å². The van der Waals surface area contributed by atoms with Gasteiger partial charge in [0.2, 0.25) is 5.91 Å². The molecule has 0 aliphatic carbocycles. The van der Waals surface area contributed by atoms with Gasteiger partial charge in [0, 0.05) is 26.0 Å². The van der Waals surface area contributed by atoms with Crippen molar-refractivity contribution in [2.24, 2.45) is 5.73 Å². The summed E-state index contributed by atoms with van der Waals surface area (Å²) in [5, 5.41) is 0.863. The van der Waals surface area contributed by atoms with E-state index in [0.29, 0.717) is 25.1 Å². The van der Waals surface area contributed by atoms with Gasteiger partial charge in [-0.2, -0.15) is 0 Å². The summed E-state index contributed by atoms with van der Waals surface area (Å²) in [6, 6.07) is 4.91. The molecule has 0 saturated heterocycles. The predicted octanol–water partition coefficient (Wildman–Crippen LogP) is 5.45. The van der Waals surface area contributed by atoms with Gasteiger partial charge >= 0.3 is 5.97 Å². The zero-order chi connectivity index (χ0) is 21.3. The lowest BCUT2D eigenvalue weighted by Crippen LogP contribution is -2.13. The smallest absolute Gasteiger partial charge is 0.348 e. The van der Waals surface area contributed by atoms with E-state index in [4.69, 9.17) is 26.8 Å². The summed E-state index contributed by atoms with van der Waals surface area (Å²) in [7, 11) is 0. The Morgan fingerprint density at radius 3 is 2.48 bits per heavy atom. The molecule has 3 rings (SSSR count). The largest absolute Gasteiger partial charge is 0.483 e. The molecule has 0 unspecified atom stereocenters. The van der Waals surface area contributed by atoms with E-state index in [2.05, 4.69) is 15.9 Å². The number of rotatable bonds is 6. The van der Waals surface area contributed by atoms with Crippen molar-refractivity contribution in [3.8, 4) is 5.75 Å². The van der Waals surface area contributed by atoms with Gasteiger partial charge in [-0.05, 0) is 47.1 Å². The lowest BCUT2D eigenvalue weighted by molar-refractivity contribution is 0.0529. The van der Waals surface area contributed by atoms with Crippen LogP contribution < -0.4 is 10.5 Å². The van der Waals surface area contributed by atoms with Gasteiger partial charge in [0.1, 0.15) is 11.5 Å². The first kappa shape index (κ1) is 21.5. The van der Waals surface area contributed by atoms with Crippen LogP contribution in [0.4, 0.5) is 8.78 Å². The topological polar surface area (TPSA) is 78.6 Å². The van der Waals surface area contributed by atoms with E-state index in [0.717, 1.165) is 23.5 Å². The Kier molecular flexibility index (Phi) is 6.40. The van der Waals surface area contributed by atoms with E-state index >= 15 is 0 Å². The lowest BCUT2D eigenvalue weighted by Gasteiger charge is -2.11. The third kappa shape index (κ3) is 4.22. The number of carbonyl (C=O) groups excluding carboxylic acids is 2. The maximum atomic E-state index is 14.2. The first-order valence-electron chi connectivity index (χ1n) is 8.22. The second kappa shape index (κ2) is 8.64. The van der Waals surface area contributed by atoms with E-state index in [1.807, 2.05) is 0 Å². The molecule has 152 valence electrons. The fourth-order valence-corrected chi connectivity index (χ4v) is 4.71. The number of carbonyl (C=O) groups is 2. The van der Waals surface area contributed by atoms with Crippen LogP contribution in [0.15, 0.2) is 28.7 Å². The number of benzene rings is 2. The van der Waals surface area contributed by atoms with Gasteiger partial charge in [-0.25, -0.2) is 13.6 Å². The molecule has 1 amide bonds. The summed E-state index contributed by atoms with van der Waals surface area (Å²) in [5.74, 6) is -4.46. The van der Waals surface area contributed by atoms with Crippen LogP contribution in [0.25, 0.3) is 10.1 Å². The monoisotopic (exact) mass is 503 g/mol. The SMILES string of the molecule is CCOC(=O)c1sc2c(Br)ccc(Cl)c2c1COc1c(F)cc(C(N)=O)cc1F. The highest BCUT2D eigenvalue weighted by atomic mass is 79.9. The van der Waals surface area contributed by atoms with Crippen LogP contribution in [-0.4, -0.2) is 18.5 Å². The molecule has 0 bridgehead atoms. The van der Waals surface area contributed by atoms with Crippen LogP contribution in [0, 0.1) is 11.6 Å². The standard InChI is InChI=1S/C19H13BrClF2NO4S/c1-2-27-19(26)16-9(14-11(21)4-3-10(20)17(14)29-16)7-28-15-12(22)5-8(18(24)25)6-13(15)23/h3-6H,2,7H2,1H3,(H2,24,25). The van der Waals surface area contributed by atoms with E-state index in [1.165, 1.54) is 0 Å². The van der Waals surface area contributed by atoms with Crippen LogP contribution in [0.1, 0.15) is 32.5 Å². The third-order valence-corrected chi connectivity index (χ3v) is 6.43. The second-order valence-corrected chi connectivity index (χ2v) is 8.07. The van der Waals surface area contributed by atoms with Gasteiger partial charge in [-0.1, -0.05) is 11.6 Å². The van der Waals surface area contributed by atoms with Gasteiger partial charge in [-0.15, -0.1) is 11.3 Å². The number of hydrogen-bond acceptors (Lipinski definition) is 5. The van der Waals surface area contributed by atoms with Crippen LogP contribution in [-0.2, 0) is 11.3 Å². The molecule has 5 nitrogen and oxygen atoms in total. The Hall–Kier alpha value is -2.23. The molecule has 1 heterocycles. The second-order valence-electron chi connectivity index (χ2n) is 5.79. The van der Waals surface area contributed by atoms with Crippen LogP contribution in [0.5, 0.6) is 5.75 Å². The number of amides is 1. The number of hydrogen-bond donors (Lipinski definition) is 1. The summed E-state index contributed by atoms with van der Waals surface area (Å²) >= 11 is 10.8. The molecule has 0 atom stereocenters. The quantitative estimate of drug-likeness (QED) is 0.453. The molecule has 3 aromatic rings. The molecule has 29 heavy (non-hydrogen) atoms. The van der Waals surface area contributed by atoms with Crippen molar-refractivity contribution < 1.29 is 27.8 Å². The average Bonchev–Trinajstić information content (AvgIpc) is 3.05. The van der Waals surface area contributed by atoms with Crippen LogP contribution in [0.3, 0.4) is 0 Å². The molecule has 0 fully saturated rings. The summed E-state index contributed by atoms with van der Waals surface area (Å²) in [6.07, 6.45) is 0. The predicted molar refractivity (Wildman–Crippen MR) is 110 cm³/mol. The number of ether oxygens (including phenoxy) is 2. The lowest BCUT2D eigenvalue weighted by atomic mass is 10.1. The first-order valence-corrected chi connectivity index (χ1v) is 10.2. The van der Waals surface area contributed by atoms with Crippen molar-refractivity contribution in [3.05, 3.63) is 61.4 Å². The molecule has 0 saturated carbocycles. The van der Waals surface area contributed by atoms with Crippen LogP contribution in [0.2, 0.25) is 5.02 Å². The molecule has 1 aromatic heterocycles. The minimum atomic E-state index is -1.09. The summed E-state index contributed by atoms with van der Waals surface area (Å²) in [5.41, 5.74) is 5.06. The van der Waals surface area contributed by atoms with Crippen molar-refractivity contribution in [2.75, 3.05) is 6.61 Å². The molecule has 0 aliphatic rings. The Morgan fingerprint density at radius 2 is 1.90 bits per heavy atom. The van der Waals surface area contributed by atoms with Gasteiger partial charge in [0.25, 0.3) is 0 Å². The van der Waals surface area contributed by atoms with Gasteiger partial charge in [0.15, 0.2) is 17.4 Å². The van der Waals surface area contributed by atoms with E-state index < -0.39 is 29.3 Å². The number of esters is 1. The number of nitrogens with two attached hydrogens (primary N) is 1. The average molecular weight is 505 g/mol. The van der Waals surface area contributed by atoms with Crippen molar-refractivity contribution >= 4 is 60.8 Å². The highest BCUT2D eigenvalue weighted by Crippen LogP contribution is 2.41. The minimum absolute atomic E-state index is 0.153. The minimum Gasteiger partial charge on any atom is -0.483 e. The Balaban J connectivity index is 2.06. The third-order valence-electron chi connectivity index (χ3n) is 3.94. The normalized spacial score (nSPS) is 10.9. The molecule has 2 aromatic carbocycles. The highest BCUT2D eigenvalue weighted by Gasteiger charge is 2.24. The fraction of sp³-hybridized carbons (Fsp3) is 0.158. The molecule has 0 spiro atoms. The van der Waals surface area contributed by atoms with Crippen molar-refractivity contribution in [1.29, 1.82) is 0 Å². The summed E-state index contributed by atoms with van der Waals surface area (Å²) < 4.78 is 40.3. The maximum absolute atomic E-state index is 14.2. The number of primary amides is 1. The van der Waals surface area contributed by atoms with Gasteiger partial charge in [-0.3, -0.25) is 4.79 Å². The zero-order valence-corrected chi connectivity index (χ0v) is 18.0. The number of thiophene rings is 1. The molecular formula is C19H13BrClF2NO4S. The molecule has 2 N–H and O–H groups in total. The maximum Gasteiger partial charge on any atom is 0.348 e. The van der Waals surface area contributed by atoms with E-state index in [-0.39, 0.29) is 23.7 Å². The van der Waals surface area contributed by atoms with Crippen molar-refractivity contribution in [1.82, 2.24) is 0 Å². The van der Waals surface area contributed by atoms with E-state index in [1.54, 1.807) is 19.1 Å². The van der Waals surface area contributed by atoms with Crippen molar-refractivity contribution in [3.63, 3.8) is 0 Å². The highest BCUT2D eigenvalue weighted by molar-refractivity contribution is 9.10. The Labute approximate surface area is 181 Å². The molecule has 10 heteroatoms. The van der Waals surface area contributed by atoms with Crippen molar-refractivity contribution in [2.45, 2.75) is 13.5 Å². The van der Waals surface area contributed by atoms with Crippen LogP contribution >= 0.6 is 38.9 Å². The fourth-order valence-electron chi connectivity index (χ4n) is 2.67. The van der Waals surface area contributed by atoms with Gasteiger partial charge in [0.05, 0.1) is 11.3 Å². The molecular weight excluding hydrogens is 492 g/mol. The number of halogens is 4. The Bertz CT molecular complexity index is 1110. The zero-order valence-electron chi connectivity index (χ0n) is 14.9. The summed E-state index contributed by atoms with van der Waals surface area (Å²) in [4.78, 5) is 23.7. The molecule has 0 radical (unpaired) electrons. The molecule has 0 aliphatic heterocycles. The number of fused-ring (bicyclic) bond motifs is 1.